The van der Waals surface area contributed by atoms with Gasteiger partial charge in [0.1, 0.15) is 0 Å². The van der Waals surface area contributed by atoms with E-state index >= 15 is 0 Å². The van der Waals surface area contributed by atoms with Crippen LogP contribution in [0.2, 0.25) is 18.5 Å². The summed E-state index contributed by atoms with van der Waals surface area (Å²) in [6.07, 6.45) is 9.67. The first kappa shape index (κ1) is 24.2. The van der Waals surface area contributed by atoms with Gasteiger partial charge in [-0.25, -0.2) is 0 Å². The molecule has 2 heteroatoms. The van der Waals surface area contributed by atoms with Crippen molar-refractivity contribution in [3.63, 3.8) is 0 Å². The number of allylic oxidation sites excluding steroid dienone is 2. The predicted octanol–water partition coefficient (Wildman–Crippen LogP) is 8.71. The average molecular weight is 524 g/mol. The molecule has 0 bridgehead atoms. The maximum atomic E-state index is 2.79. The normalized spacial score (nSPS) is 23.3. The molecule has 4 rings (SSSR count). The van der Waals surface area contributed by atoms with Crippen molar-refractivity contribution in [3.05, 3.63) is 80.9 Å². The van der Waals surface area contributed by atoms with E-state index in [1.807, 2.05) is 0 Å². The quantitative estimate of drug-likeness (QED) is 0.332. The Morgan fingerprint density at radius 1 is 0.625 bits per heavy atom. The Labute approximate surface area is 192 Å². The fourth-order valence-corrected chi connectivity index (χ4v) is 34.9. The second kappa shape index (κ2) is 6.57. The van der Waals surface area contributed by atoms with Gasteiger partial charge in [-0.15, -0.1) is 0 Å². The second-order valence-corrected chi connectivity index (χ2v) is 75.1. The minimum atomic E-state index is -4.55. The van der Waals surface area contributed by atoms with Gasteiger partial charge in [0.05, 0.1) is 0 Å². The number of benzene rings is 2. The van der Waals surface area contributed by atoms with Crippen LogP contribution in [0.3, 0.4) is 0 Å². The van der Waals surface area contributed by atoms with Crippen LogP contribution in [0.1, 0.15) is 81.2 Å². The van der Waals surface area contributed by atoms with E-state index in [4.69, 9.17) is 0 Å². The van der Waals surface area contributed by atoms with E-state index < -0.39 is 14.4 Å². The van der Waals surface area contributed by atoms with Crippen LogP contribution >= 0.6 is 0 Å². The third kappa shape index (κ3) is 3.31. The zero-order chi connectivity index (χ0) is 23.6. The van der Waals surface area contributed by atoms with Crippen LogP contribution in [0.15, 0.2) is 47.5 Å². The molecule has 2 aromatic carbocycles. The number of hydrogen-bond acceptors (Lipinski definition) is 0. The third-order valence-electron chi connectivity index (χ3n) is 9.11. The van der Waals surface area contributed by atoms with Crippen LogP contribution in [0, 0.1) is 0 Å². The van der Waals surface area contributed by atoms with Gasteiger partial charge in [0.15, 0.2) is 0 Å². The summed E-state index contributed by atoms with van der Waals surface area (Å²) in [5.41, 5.74) is 12.7. The summed E-state index contributed by atoms with van der Waals surface area (Å²) in [7, 11) is 0. The van der Waals surface area contributed by atoms with Crippen molar-refractivity contribution in [2.75, 3.05) is 0 Å². The number of rotatable bonds is 6. The van der Waals surface area contributed by atoms with Gasteiger partial charge in [-0.2, -0.15) is 0 Å². The molecule has 0 N–H and O–H groups in total. The topological polar surface area (TPSA) is 0 Å². The average Bonchev–Trinajstić information content (AvgIpc) is 3.32. The van der Waals surface area contributed by atoms with Crippen LogP contribution in [0.25, 0.3) is 12.2 Å². The zero-order valence-electron chi connectivity index (χ0n) is 21.8. The van der Waals surface area contributed by atoms with E-state index in [-0.39, 0.29) is 0 Å². The van der Waals surface area contributed by atoms with Crippen molar-refractivity contribution in [3.8, 4) is 0 Å². The molecule has 0 amide bonds. The first-order valence-electron chi connectivity index (χ1n) is 13.0. The van der Waals surface area contributed by atoms with Gasteiger partial charge >= 0.3 is 194 Å². The number of fused-ring (bicyclic) bond motifs is 2. The molecule has 2 atom stereocenters. The minimum absolute atomic E-state index is 0.535. The molecular formula is C30H44SiZr. The van der Waals surface area contributed by atoms with Gasteiger partial charge in [0, 0.05) is 0 Å². The Kier molecular flexibility index (Phi) is 4.96. The molecule has 0 nitrogen and oxygen atoms in total. The number of hydrogen-bond donors (Lipinski definition) is 0. The van der Waals surface area contributed by atoms with E-state index in [0.29, 0.717) is 7.25 Å². The van der Waals surface area contributed by atoms with Gasteiger partial charge in [0.2, 0.25) is 0 Å². The van der Waals surface area contributed by atoms with Gasteiger partial charge in [-0.05, 0) is 0 Å². The van der Waals surface area contributed by atoms with E-state index in [1.165, 1.54) is 22.3 Å². The van der Waals surface area contributed by atoms with E-state index in [9.17, 15) is 0 Å². The molecule has 0 aliphatic heterocycles. The molecule has 2 aromatic rings. The molecule has 0 aromatic heterocycles. The third-order valence-corrected chi connectivity index (χ3v) is 32.3. The van der Waals surface area contributed by atoms with E-state index in [2.05, 4.69) is 102 Å². The van der Waals surface area contributed by atoms with Crippen LogP contribution < -0.4 is 0 Å². The molecule has 0 saturated carbocycles. The van der Waals surface area contributed by atoms with Crippen LogP contribution in [0.5, 0.6) is 0 Å². The molecule has 172 valence electrons. The van der Waals surface area contributed by atoms with Crippen LogP contribution in [-0.4, -0.2) is 6.88 Å². The van der Waals surface area contributed by atoms with Crippen LogP contribution in [-0.2, 0) is 27.3 Å². The number of aryl methyl sites for hydroxylation is 2. The summed E-state index contributed by atoms with van der Waals surface area (Å²) >= 11 is -4.55. The van der Waals surface area contributed by atoms with Gasteiger partial charge in [-0.1, -0.05) is 0 Å². The Morgan fingerprint density at radius 2 is 1.00 bits per heavy atom. The summed E-state index contributed by atoms with van der Waals surface area (Å²) < 4.78 is 12.2. The molecule has 0 saturated heterocycles. The first-order chi connectivity index (χ1) is 14.7. The molecule has 0 spiro atoms. The van der Waals surface area contributed by atoms with Crippen molar-refractivity contribution >= 4 is 19.0 Å². The standard InChI is InChI=1S/2C13H15.4CH3.H2Si.Zr/c2*1-3-10-8-12-7-5-6-11(4-2)13(12)9-10;;;;;;/h2*5-9H,3-4H2,1-2H3;4*1H3;1H2;. The van der Waals surface area contributed by atoms with Crippen LogP contribution in [0.4, 0.5) is 0 Å². The van der Waals surface area contributed by atoms with Crippen molar-refractivity contribution in [2.24, 2.45) is 0 Å². The fraction of sp³-hybridized carbons (Fsp3) is 0.467. The molecule has 0 radical (unpaired) electrons. The van der Waals surface area contributed by atoms with Crippen molar-refractivity contribution in [2.45, 2.75) is 79.2 Å². The van der Waals surface area contributed by atoms with Gasteiger partial charge in [-0.3, -0.25) is 0 Å². The summed E-state index contributed by atoms with van der Waals surface area (Å²) in [6.45, 7) is 11.8. The summed E-state index contributed by atoms with van der Waals surface area (Å²) in [6, 6.07) is 14.3. The molecular weight excluding hydrogens is 480 g/mol. The van der Waals surface area contributed by atoms with Crippen molar-refractivity contribution < 1.29 is 14.4 Å². The zero-order valence-corrected chi connectivity index (χ0v) is 25.7. The van der Waals surface area contributed by atoms with Gasteiger partial charge < -0.3 is 0 Å². The molecule has 2 aliphatic carbocycles. The van der Waals surface area contributed by atoms with E-state index in [1.54, 1.807) is 22.3 Å². The fourth-order valence-electron chi connectivity index (χ4n) is 8.06. The Bertz CT molecular complexity index is 1200. The predicted molar refractivity (Wildman–Crippen MR) is 146 cm³/mol. The maximum absolute atomic E-state index is 4.55. The Balaban J connectivity index is 2.10. The summed E-state index contributed by atoms with van der Waals surface area (Å²) in [5, 5.41) is 0. The molecule has 2 unspecified atom stereocenters. The summed E-state index contributed by atoms with van der Waals surface area (Å²) in [5.74, 6) is 0. The molecule has 32 heavy (non-hydrogen) atoms. The van der Waals surface area contributed by atoms with E-state index in [0.717, 1.165) is 25.7 Å². The molecule has 0 fully saturated rings. The molecule has 0 heterocycles. The SMILES string of the molecule is CCC1=Cc2c(CC)cccc2[CH]1[Zr]([CH3])([CH3])([CH3])([CH3])(=[SiH2])[CH]1C(CC)=Cc2c(CC)cccc21. The molecule has 2 aliphatic rings. The van der Waals surface area contributed by atoms with Crippen molar-refractivity contribution in [1.29, 1.82) is 0 Å². The first-order valence-corrected chi connectivity index (χ1v) is 31.6. The monoisotopic (exact) mass is 522 g/mol. The Hall–Kier alpha value is -0.980. The second-order valence-electron chi connectivity index (χ2n) is 14.9. The van der Waals surface area contributed by atoms with Crippen molar-refractivity contribution in [1.82, 2.24) is 0 Å². The Morgan fingerprint density at radius 3 is 1.31 bits per heavy atom. The van der Waals surface area contributed by atoms with Gasteiger partial charge in [0.25, 0.3) is 0 Å². The summed E-state index contributed by atoms with van der Waals surface area (Å²) in [4.78, 5) is 0.